The Morgan fingerprint density at radius 3 is 2.76 bits per heavy atom. The molecule has 0 bridgehead atoms. The van der Waals surface area contributed by atoms with Crippen LogP contribution in [0.4, 0.5) is 0 Å². The molecule has 0 spiro atoms. The second-order valence-electron chi connectivity index (χ2n) is 4.40. The summed E-state index contributed by atoms with van der Waals surface area (Å²) in [5.74, 6) is 1.33. The Balaban J connectivity index is 2.14. The molecular formula is C14H17N5O2. The van der Waals surface area contributed by atoms with Crippen LogP contribution in [-0.4, -0.2) is 17.3 Å². The number of guanidine groups is 1. The van der Waals surface area contributed by atoms with Gasteiger partial charge < -0.3 is 20.7 Å². The van der Waals surface area contributed by atoms with Crippen LogP contribution >= 0.6 is 0 Å². The highest BCUT2D eigenvalue weighted by atomic mass is 16.5. The molecule has 110 valence electrons. The lowest BCUT2D eigenvalue weighted by molar-refractivity contribution is 0.301. The molecule has 4 N–H and O–H groups in total. The minimum Gasteiger partial charge on any atom is -0.488 e. The van der Waals surface area contributed by atoms with Crippen molar-refractivity contribution in [3.05, 3.63) is 46.8 Å². The Bertz CT molecular complexity index is 652. The van der Waals surface area contributed by atoms with E-state index in [4.69, 9.17) is 20.7 Å². The molecule has 0 unspecified atom stereocenters. The van der Waals surface area contributed by atoms with Crippen LogP contribution in [0.25, 0.3) is 0 Å². The van der Waals surface area contributed by atoms with E-state index in [1.807, 2.05) is 38.1 Å². The standard InChI is InChI=1S/C14H17N5O2/c1-9-12(10(2)21-19-9)8-20-13-6-4-3-5-11(13)7-17-18-14(15)16/h3-7H,8H2,1-2H3,(H4,15,16,18). The first-order valence-electron chi connectivity index (χ1n) is 6.33. The summed E-state index contributed by atoms with van der Waals surface area (Å²) in [5.41, 5.74) is 13.0. The summed E-state index contributed by atoms with van der Waals surface area (Å²) in [5, 5.41) is 11.2. The fraction of sp³-hybridized carbons (Fsp3) is 0.214. The monoisotopic (exact) mass is 287 g/mol. The van der Waals surface area contributed by atoms with Crippen molar-refractivity contribution in [3.63, 3.8) is 0 Å². The zero-order valence-corrected chi connectivity index (χ0v) is 11.9. The molecule has 0 amide bonds. The highest BCUT2D eigenvalue weighted by Gasteiger charge is 2.10. The van der Waals surface area contributed by atoms with Crippen LogP contribution in [0.2, 0.25) is 0 Å². The number of aromatic nitrogens is 1. The van der Waals surface area contributed by atoms with Gasteiger partial charge in [-0.05, 0) is 26.0 Å². The van der Waals surface area contributed by atoms with Crippen LogP contribution < -0.4 is 16.2 Å². The van der Waals surface area contributed by atoms with E-state index in [-0.39, 0.29) is 5.96 Å². The van der Waals surface area contributed by atoms with Crippen molar-refractivity contribution in [2.75, 3.05) is 0 Å². The summed E-state index contributed by atoms with van der Waals surface area (Å²) in [6.07, 6.45) is 1.53. The number of nitrogens with two attached hydrogens (primary N) is 2. The minimum atomic E-state index is -0.0969. The fourth-order valence-corrected chi connectivity index (χ4v) is 1.73. The maximum absolute atomic E-state index is 5.80. The molecule has 1 aromatic carbocycles. The Labute approximate surface area is 122 Å². The van der Waals surface area contributed by atoms with Crippen molar-refractivity contribution in [1.82, 2.24) is 5.16 Å². The number of hydrogen-bond acceptors (Lipinski definition) is 5. The number of rotatable bonds is 5. The van der Waals surface area contributed by atoms with E-state index in [0.717, 1.165) is 22.6 Å². The van der Waals surface area contributed by atoms with Crippen LogP contribution in [0.1, 0.15) is 22.6 Å². The summed E-state index contributed by atoms with van der Waals surface area (Å²) in [4.78, 5) is 0. The van der Waals surface area contributed by atoms with Crippen molar-refractivity contribution in [2.24, 2.45) is 21.7 Å². The molecule has 21 heavy (non-hydrogen) atoms. The normalized spacial score (nSPS) is 10.8. The van der Waals surface area contributed by atoms with Crippen LogP contribution in [0.15, 0.2) is 39.0 Å². The lowest BCUT2D eigenvalue weighted by Gasteiger charge is -2.08. The lowest BCUT2D eigenvalue weighted by atomic mass is 10.2. The van der Waals surface area contributed by atoms with Gasteiger partial charge in [0.25, 0.3) is 0 Å². The zero-order valence-electron chi connectivity index (χ0n) is 11.9. The van der Waals surface area contributed by atoms with Gasteiger partial charge in [0.1, 0.15) is 18.1 Å². The number of nitrogens with zero attached hydrogens (tertiary/aromatic N) is 3. The highest BCUT2D eigenvalue weighted by Crippen LogP contribution is 2.20. The summed E-state index contributed by atoms with van der Waals surface area (Å²) < 4.78 is 10.9. The van der Waals surface area contributed by atoms with E-state index in [9.17, 15) is 0 Å². The first kappa shape index (κ1) is 14.6. The molecule has 0 aliphatic rings. The Hall–Kier alpha value is -2.83. The lowest BCUT2D eigenvalue weighted by Crippen LogP contribution is -2.21. The van der Waals surface area contributed by atoms with Crippen molar-refractivity contribution >= 4 is 12.2 Å². The first-order valence-corrected chi connectivity index (χ1v) is 6.33. The van der Waals surface area contributed by atoms with E-state index >= 15 is 0 Å². The van der Waals surface area contributed by atoms with E-state index in [1.54, 1.807) is 0 Å². The van der Waals surface area contributed by atoms with Crippen LogP contribution in [0.5, 0.6) is 5.75 Å². The Kier molecular flexibility index (Phi) is 4.55. The van der Waals surface area contributed by atoms with Crippen molar-refractivity contribution in [3.8, 4) is 5.75 Å². The molecule has 0 aliphatic heterocycles. The largest absolute Gasteiger partial charge is 0.488 e. The molecule has 2 rings (SSSR count). The van der Waals surface area contributed by atoms with Crippen molar-refractivity contribution < 1.29 is 9.26 Å². The molecule has 7 nitrogen and oxygen atoms in total. The average Bonchev–Trinajstić information content (AvgIpc) is 2.77. The van der Waals surface area contributed by atoms with Crippen molar-refractivity contribution in [2.45, 2.75) is 20.5 Å². The first-order chi connectivity index (χ1) is 10.1. The third-order valence-corrected chi connectivity index (χ3v) is 2.84. The summed E-state index contributed by atoms with van der Waals surface area (Å²) in [6, 6.07) is 7.45. The number of aryl methyl sites for hydroxylation is 2. The second-order valence-corrected chi connectivity index (χ2v) is 4.40. The number of ether oxygens (including phenoxy) is 1. The minimum absolute atomic E-state index is 0.0969. The van der Waals surface area contributed by atoms with Gasteiger partial charge >= 0.3 is 0 Å². The average molecular weight is 287 g/mol. The van der Waals surface area contributed by atoms with Crippen molar-refractivity contribution in [1.29, 1.82) is 0 Å². The summed E-state index contributed by atoms with van der Waals surface area (Å²) in [6.45, 7) is 4.10. The molecular weight excluding hydrogens is 270 g/mol. The predicted molar refractivity (Wildman–Crippen MR) is 80.2 cm³/mol. The van der Waals surface area contributed by atoms with Gasteiger partial charge in [-0.1, -0.05) is 17.3 Å². The Morgan fingerprint density at radius 1 is 1.33 bits per heavy atom. The molecule has 0 saturated carbocycles. The van der Waals surface area contributed by atoms with Gasteiger partial charge in [0.05, 0.1) is 17.5 Å². The molecule has 0 fully saturated rings. The van der Waals surface area contributed by atoms with Gasteiger partial charge in [0.15, 0.2) is 0 Å². The third-order valence-electron chi connectivity index (χ3n) is 2.84. The third kappa shape index (κ3) is 3.82. The van der Waals surface area contributed by atoms with Gasteiger partial charge in [-0.3, -0.25) is 0 Å². The molecule has 0 radical (unpaired) electrons. The maximum atomic E-state index is 5.80. The van der Waals surface area contributed by atoms with Gasteiger partial charge in [-0.15, -0.1) is 5.10 Å². The number of para-hydroxylation sites is 1. The Morgan fingerprint density at radius 2 is 2.10 bits per heavy atom. The van der Waals surface area contributed by atoms with E-state index < -0.39 is 0 Å². The van der Waals surface area contributed by atoms with Gasteiger partial charge in [0, 0.05) is 5.56 Å². The highest BCUT2D eigenvalue weighted by molar-refractivity contribution is 5.84. The SMILES string of the molecule is Cc1noc(C)c1COc1ccccc1C=NN=C(N)N. The molecule has 0 aliphatic carbocycles. The molecule has 0 atom stereocenters. The van der Waals surface area contributed by atoms with E-state index in [1.165, 1.54) is 6.21 Å². The number of benzene rings is 1. The van der Waals surface area contributed by atoms with E-state index in [2.05, 4.69) is 15.4 Å². The molecule has 1 heterocycles. The topological polar surface area (TPSA) is 112 Å². The predicted octanol–water partition coefficient (Wildman–Crippen LogP) is 1.48. The smallest absolute Gasteiger partial charge is 0.211 e. The zero-order chi connectivity index (χ0) is 15.2. The molecule has 1 aromatic heterocycles. The van der Waals surface area contributed by atoms with Crippen LogP contribution in [-0.2, 0) is 6.61 Å². The second kappa shape index (κ2) is 6.56. The van der Waals surface area contributed by atoms with Gasteiger partial charge in [-0.2, -0.15) is 5.10 Å². The van der Waals surface area contributed by atoms with Crippen LogP contribution in [0.3, 0.4) is 0 Å². The quantitative estimate of drug-likeness (QED) is 0.491. The fourth-order valence-electron chi connectivity index (χ4n) is 1.73. The van der Waals surface area contributed by atoms with Gasteiger partial charge in [0.2, 0.25) is 5.96 Å². The maximum Gasteiger partial charge on any atom is 0.211 e. The molecule has 7 heteroatoms. The molecule has 2 aromatic rings. The van der Waals surface area contributed by atoms with Gasteiger partial charge in [-0.25, -0.2) is 0 Å². The van der Waals surface area contributed by atoms with E-state index in [0.29, 0.717) is 12.4 Å². The van der Waals surface area contributed by atoms with Crippen LogP contribution in [0, 0.1) is 13.8 Å². The summed E-state index contributed by atoms with van der Waals surface area (Å²) in [7, 11) is 0. The summed E-state index contributed by atoms with van der Waals surface area (Å²) >= 11 is 0. The number of hydrogen-bond donors (Lipinski definition) is 2. The molecule has 0 saturated heterocycles.